The van der Waals surface area contributed by atoms with Gasteiger partial charge in [0.05, 0.1) is 0 Å². The van der Waals surface area contributed by atoms with Crippen LogP contribution in [0.4, 0.5) is 0 Å². The van der Waals surface area contributed by atoms with Crippen LogP contribution in [0.2, 0.25) is 0 Å². The first-order valence-corrected chi connectivity index (χ1v) is 7.51. The van der Waals surface area contributed by atoms with E-state index in [0.717, 1.165) is 18.4 Å². The fourth-order valence-corrected chi connectivity index (χ4v) is 2.63. The fraction of sp³-hybridized carbons (Fsp3) is 0.786. The highest BCUT2D eigenvalue weighted by Crippen LogP contribution is 2.23. The molecule has 0 spiro atoms. The Hall–Kier alpha value is -1.59. The molecule has 1 aliphatic carbocycles. The number of hydrogen-bond donors (Lipinski definition) is 2. The predicted octanol–water partition coefficient (Wildman–Crippen LogP) is 2.01. The van der Waals surface area contributed by atoms with Gasteiger partial charge < -0.3 is 15.2 Å². The molecule has 6 heteroatoms. The highest BCUT2D eigenvalue weighted by atomic mass is 16.5. The predicted molar refractivity (Wildman–Crippen MR) is 78.4 cm³/mol. The van der Waals surface area contributed by atoms with Crippen LogP contribution in [0.25, 0.3) is 0 Å². The van der Waals surface area contributed by atoms with Crippen molar-refractivity contribution >= 4 is 5.96 Å². The summed E-state index contributed by atoms with van der Waals surface area (Å²) in [7, 11) is 0. The molecule has 6 nitrogen and oxygen atoms in total. The van der Waals surface area contributed by atoms with Crippen LogP contribution >= 0.6 is 0 Å². The molecule has 20 heavy (non-hydrogen) atoms. The maximum atomic E-state index is 4.95. The normalized spacial score (nSPS) is 23.6. The summed E-state index contributed by atoms with van der Waals surface area (Å²) in [5, 5.41) is 10.6. The van der Waals surface area contributed by atoms with E-state index in [4.69, 9.17) is 4.52 Å². The molecular weight excluding hydrogens is 254 g/mol. The minimum absolute atomic E-state index is 0.439. The zero-order valence-corrected chi connectivity index (χ0v) is 12.6. The van der Waals surface area contributed by atoms with Crippen LogP contribution in [0.1, 0.15) is 51.2 Å². The van der Waals surface area contributed by atoms with Crippen LogP contribution in [-0.2, 0) is 6.54 Å². The lowest BCUT2D eigenvalue weighted by Crippen LogP contribution is -2.45. The highest BCUT2D eigenvalue weighted by Gasteiger charge is 2.19. The molecule has 0 radical (unpaired) electrons. The van der Waals surface area contributed by atoms with Gasteiger partial charge in [-0.1, -0.05) is 24.9 Å². The van der Waals surface area contributed by atoms with Crippen molar-refractivity contribution in [2.75, 3.05) is 6.54 Å². The monoisotopic (exact) mass is 279 g/mol. The van der Waals surface area contributed by atoms with Gasteiger partial charge in [0, 0.05) is 19.5 Å². The average Bonchev–Trinajstić information content (AvgIpc) is 2.82. The second kappa shape index (κ2) is 7.26. The zero-order valence-electron chi connectivity index (χ0n) is 12.6. The van der Waals surface area contributed by atoms with Crippen molar-refractivity contribution in [1.29, 1.82) is 0 Å². The lowest BCUT2D eigenvalue weighted by molar-refractivity contribution is 0.324. The SMILES string of the molecule is CCNC(=NCc1noc(C)n1)NC1CCCC(C)C1. The van der Waals surface area contributed by atoms with Crippen molar-refractivity contribution in [3.63, 3.8) is 0 Å². The number of aromatic nitrogens is 2. The lowest BCUT2D eigenvalue weighted by Gasteiger charge is -2.28. The van der Waals surface area contributed by atoms with Gasteiger partial charge in [-0.25, -0.2) is 4.99 Å². The van der Waals surface area contributed by atoms with Crippen molar-refractivity contribution < 1.29 is 4.52 Å². The number of aliphatic imine (C=N–C) groups is 1. The molecule has 1 saturated carbocycles. The molecular formula is C14H25N5O. The topological polar surface area (TPSA) is 75.3 Å². The van der Waals surface area contributed by atoms with Crippen LogP contribution in [-0.4, -0.2) is 28.7 Å². The Bertz CT molecular complexity index is 443. The minimum Gasteiger partial charge on any atom is -0.357 e. The van der Waals surface area contributed by atoms with Crippen molar-refractivity contribution in [2.45, 2.75) is 59.0 Å². The Morgan fingerprint density at radius 1 is 1.45 bits per heavy atom. The van der Waals surface area contributed by atoms with Crippen LogP contribution in [0.3, 0.4) is 0 Å². The first-order valence-electron chi connectivity index (χ1n) is 7.51. The second-order valence-corrected chi connectivity index (χ2v) is 5.54. The van der Waals surface area contributed by atoms with E-state index in [0.29, 0.717) is 24.3 Å². The van der Waals surface area contributed by atoms with Crippen molar-refractivity contribution in [3.8, 4) is 0 Å². The van der Waals surface area contributed by atoms with Crippen molar-refractivity contribution in [2.24, 2.45) is 10.9 Å². The van der Waals surface area contributed by atoms with Gasteiger partial charge in [-0.05, 0) is 25.7 Å². The molecule has 2 N–H and O–H groups in total. The number of aryl methyl sites for hydroxylation is 1. The standard InChI is InChI=1S/C14H25N5O/c1-4-15-14(16-9-13-17-11(3)20-19-13)18-12-7-5-6-10(2)8-12/h10,12H,4-9H2,1-3H3,(H2,15,16,18). The summed E-state index contributed by atoms with van der Waals surface area (Å²) < 4.78 is 4.95. The summed E-state index contributed by atoms with van der Waals surface area (Å²) in [5.41, 5.74) is 0. The van der Waals surface area contributed by atoms with Crippen LogP contribution in [0.15, 0.2) is 9.52 Å². The summed E-state index contributed by atoms with van der Waals surface area (Å²) in [4.78, 5) is 8.69. The maximum absolute atomic E-state index is 4.95. The summed E-state index contributed by atoms with van der Waals surface area (Å²) in [6.45, 7) is 7.46. The largest absolute Gasteiger partial charge is 0.357 e. The molecule has 2 unspecified atom stereocenters. The number of guanidine groups is 1. The van der Waals surface area contributed by atoms with E-state index < -0.39 is 0 Å². The van der Waals surface area contributed by atoms with Crippen LogP contribution in [0, 0.1) is 12.8 Å². The van der Waals surface area contributed by atoms with E-state index in [1.54, 1.807) is 6.92 Å². The molecule has 1 aromatic heterocycles. The van der Waals surface area contributed by atoms with Crippen molar-refractivity contribution in [1.82, 2.24) is 20.8 Å². The van der Waals surface area contributed by atoms with E-state index in [2.05, 4.69) is 39.6 Å². The first-order chi connectivity index (χ1) is 9.67. The van der Waals surface area contributed by atoms with Gasteiger partial charge >= 0.3 is 0 Å². The Balaban J connectivity index is 1.91. The third kappa shape index (κ3) is 4.51. The smallest absolute Gasteiger partial charge is 0.223 e. The third-order valence-corrected chi connectivity index (χ3v) is 3.57. The van der Waals surface area contributed by atoms with Crippen LogP contribution in [0.5, 0.6) is 0 Å². The van der Waals surface area contributed by atoms with E-state index in [1.165, 1.54) is 25.7 Å². The van der Waals surface area contributed by atoms with Gasteiger partial charge in [-0.2, -0.15) is 4.98 Å². The maximum Gasteiger partial charge on any atom is 0.223 e. The van der Waals surface area contributed by atoms with Gasteiger partial charge in [0.25, 0.3) is 0 Å². The summed E-state index contributed by atoms with van der Waals surface area (Å²) in [6, 6.07) is 0.517. The summed E-state index contributed by atoms with van der Waals surface area (Å²) >= 11 is 0. The van der Waals surface area contributed by atoms with Gasteiger partial charge in [-0.15, -0.1) is 0 Å². The van der Waals surface area contributed by atoms with Gasteiger partial charge in [0.1, 0.15) is 6.54 Å². The Morgan fingerprint density at radius 3 is 2.95 bits per heavy atom. The molecule has 0 aliphatic heterocycles. The molecule has 1 heterocycles. The number of nitrogens with zero attached hydrogens (tertiary/aromatic N) is 3. The Kier molecular flexibility index (Phi) is 5.38. The number of hydrogen-bond acceptors (Lipinski definition) is 4. The van der Waals surface area contributed by atoms with E-state index in [9.17, 15) is 0 Å². The Labute approximate surface area is 120 Å². The quantitative estimate of drug-likeness (QED) is 0.651. The van der Waals surface area contributed by atoms with Crippen LogP contribution < -0.4 is 10.6 Å². The molecule has 2 rings (SSSR count). The van der Waals surface area contributed by atoms with E-state index in [1.807, 2.05) is 0 Å². The molecule has 1 fully saturated rings. The molecule has 0 aromatic carbocycles. The molecule has 1 aromatic rings. The number of rotatable bonds is 4. The number of nitrogens with one attached hydrogen (secondary N) is 2. The molecule has 2 atom stereocenters. The third-order valence-electron chi connectivity index (χ3n) is 3.57. The highest BCUT2D eigenvalue weighted by molar-refractivity contribution is 5.80. The molecule has 0 amide bonds. The molecule has 1 aliphatic rings. The first kappa shape index (κ1) is 14.8. The zero-order chi connectivity index (χ0) is 14.4. The van der Waals surface area contributed by atoms with Gasteiger partial charge in [0.2, 0.25) is 5.89 Å². The van der Waals surface area contributed by atoms with E-state index in [-0.39, 0.29) is 0 Å². The minimum atomic E-state index is 0.439. The van der Waals surface area contributed by atoms with E-state index >= 15 is 0 Å². The average molecular weight is 279 g/mol. The van der Waals surface area contributed by atoms with Gasteiger partial charge in [-0.3, -0.25) is 0 Å². The van der Waals surface area contributed by atoms with Crippen molar-refractivity contribution in [3.05, 3.63) is 11.7 Å². The molecule has 0 saturated heterocycles. The molecule has 112 valence electrons. The Morgan fingerprint density at radius 2 is 2.30 bits per heavy atom. The second-order valence-electron chi connectivity index (χ2n) is 5.54. The summed E-state index contributed by atoms with van der Waals surface area (Å²) in [5.74, 6) is 2.84. The fourth-order valence-electron chi connectivity index (χ4n) is 2.63. The summed E-state index contributed by atoms with van der Waals surface area (Å²) in [6.07, 6.45) is 5.07. The lowest BCUT2D eigenvalue weighted by atomic mass is 9.87. The van der Waals surface area contributed by atoms with Gasteiger partial charge in [0.15, 0.2) is 11.8 Å². The molecule has 0 bridgehead atoms.